The smallest absolute Gasteiger partial charge is 0.201 e. The minimum absolute atomic E-state index is 0.116. The summed E-state index contributed by atoms with van der Waals surface area (Å²) in [7, 11) is 16.1. The van der Waals surface area contributed by atoms with Crippen molar-refractivity contribution < 1.29 is 53.0 Å². The molecule has 16 aromatic rings. The Balaban J connectivity index is 0.000000184. The minimum Gasteiger partial charge on any atom is -0.201 e. The highest BCUT2D eigenvalue weighted by Crippen LogP contribution is 2.33. The molecule has 0 radical (unpaired) electrons. The van der Waals surface area contributed by atoms with Crippen LogP contribution in [0.2, 0.25) is 0 Å². The number of hydrogen-bond donors (Lipinski definition) is 0. The van der Waals surface area contributed by atoms with Crippen molar-refractivity contribution in [3.8, 4) is 90.1 Å². The Morgan fingerprint density at radius 3 is 0.833 bits per heavy atom. The third-order valence-corrected chi connectivity index (χ3v) is 26.6. The molecule has 0 aliphatic carbocycles. The summed E-state index contributed by atoms with van der Waals surface area (Å²) in [6, 6.07) is 82.9. The molecule has 132 heavy (non-hydrogen) atoms. The molecular formula is C124H152N8+8. The van der Waals surface area contributed by atoms with Gasteiger partial charge in [-0.05, 0) is 340 Å². The fourth-order valence-electron chi connectivity index (χ4n) is 17.1. The lowest BCUT2D eigenvalue weighted by Crippen LogP contribution is -2.36. The Hall–Kier alpha value is -13.0. The van der Waals surface area contributed by atoms with E-state index >= 15 is 0 Å². The minimum atomic E-state index is -2.51. The highest BCUT2D eigenvalue weighted by atomic mass is 15.0. The van der Waals surface area contributed by atoms with E-state index in [1.165, 1.54) is 167 Å². The summed E-state index contributed by atoms with van der Waals surface area (Å²) in [6.07, 6.45) is 8.25. The van der Waals surface area contributed by atoms with Crippen molar-refractivity contribution in [2.75, 3.05) is 0 Å². The maximum atomic E-state index is 7.78. The standard InChI is InChI=1S/4C16H20N.4C15H18N/c2*1-11-8-6-7-9-15(11)16-10-12(2)13(3)14(4)17(16)5;2*1-11-8-6-7-9-15(11)16-13(3)10-12(2)14(4)17(16)5;2*1-11-8-9-14(13(3)12(11)2)15-7-5-6-10-16(15)4;2*1-11-9-12(2)13(3)14(10-11)15-7-5-6-8-16(15)4/h4*6-10H,1-5H3;4*5-10H,1-4H3/q8*+1/i3D3;;2D3,4D3;;1D3;;;. The summed E-state index contributed by atoms with van der Waals surface area (Å²) in [4.78, 5) is 0. The van der Waals surface area contributed by atoms with Gasteiger partial charge in [-0.25, -0.2) is 18.3 Å². The quantitative estimate of drug-likeness (QED) is 0.136. The molecule has 0 atom stereocenters. The van der Waals surface area contributed by atoms with Gasteiger partial charge in [0.25, 0.3) is 0 Å². The molecule has 8 nitrogen and oxygen atoms in total. The highest BCUT2D eigenvalue weighted by Gasteiger charge is 2.25. The van der Waals surface area contributed by atoms with Crippen molar-refractivity contribution in [1.29, 1.82) is 0 Å². The van der Waals surface area contributed by atoms with E-state index in [0.29, 0.717) is 11.1 Å². The molecule has 0 bridgehead atoms. The second-order valence-electron chi connectivity index (χ2n) is 35.9. The molecule has 0 fully saturated rings. The Bertz CT molecular complexity index is 7240. The summed E-state index contributed by atoms with van der Waals surface area (Å²) in [5, 5.41) is 0. The first-order valence-electron chi connectivity index (χ1n) is 51.7. The first-order valence-corrected chi connectivity index (χ1v) is 45.7. The van der Waals surface area contributed by atoms with Gasteiger partial charge in [0, 0.05) is 183 Å². The van der Waals surface area contributed by atoms with Crippen molar-refractivity contribution in [2.24, 2.45) is 56.4 Å². The first kappa shape index (κ1) is 85.7. The maximum absolute atomic E-state index is 7.78. The number of pyridine rings is 8. The Morgan fingerprint density at radius 1 is 0.167 bits per heavy atom. The molecule has 0 aliphatic heterocycles. The Labute approximate surface area is 812 Å². The number of hydrogen-bond acceptors (Lipinski definition) is 0. The monoisotopic (exact) mass is 1770 g/mol. The van der Waals surface area contributed by atoms with E-state index < -0.39 is 27.4 Å². The van der Waals surface area contributed by atoms with Gasteiger partial charge < -0.3 is 0 Å². The molecule has 0 N–H and O–H groups in total. The molecule has 16 rings (SSSR count). The summed E-state index contributed by atoms with van der Waals surface area (Å²) in [5.41, 5.74) is 49.1. The zero-order chi connectivity index (χ0) is 107. The summed E-state index contributed by atoms with van der Waals surface area (Å²) < 4.78 is 109. The number of aromatic nitrogens is 8. The van der Waals surface area contributed by atoms with Crippen molar-refractivity contribution in [2.45, 2.75) is 194 Å². The normalized spacial score (nSPS) is 12.3. The number of benzene rings is 8. The Kier molecular flexibility index (Phi) is 30.0. The average molecular weight is 1770 g/mol. The van der Waals surface area contributed by atoms with Gasteiger partial charge >= 0.3 is 0 Å². The zero-order valence-electron chi connectivity index (χ0n) is 97.0. The van der Waals surface area contributed by atoms with Crippen LogP contribution in [0.5, 0.6) is 0 Å². The molecule has 0 saturated heterocycles. The van der Waals surface area contributed by atoms with Crippen molar-refractivity contribution in [3.05, 3.63) is 424 Å². The lowest BCUT2D eigenvalue weighted by atomic mass is 9.96. The predicted molar refractivity (Wildman–Crippen MR) is 557 cm³/mol. The third-order valence-electron chi connectivity index (χ3n) is 26.6. The topological polar surface area (TPSA) is 31.0 Å². The Morgan fingerprint density at radius 2 is 0.477 bits per heavy atom. The fraction of sp³-hybridized carbons (Fsp3) is 0.290. The van der Waals surface area contributed by atoms with Gasteiger partial charge in [0.15, 0.2) is 47.6 Å². The molecule has 0 aliphatic rings. The molecule has 8 aromatic heterocycles. The lowest BCUT2D eigenvalue weighted by Gasteiger charge is -2.10. The largest absolute Gasteiger partial charge is 0.215 e. The van der Waals surface area contributed by atoms with Crippen LogP contribution < -0.4 is 36.5 Å². The average Bonchev–Trinajstić information content (AvgIpc) is 0.748. The third kappa shape index (κ3) is 24.6. The van der Waals surface area contributed by atoms with Crippen molar-refractivity contribution in [3.63, 3.8) is 0 Å². The second-order valence-corrected chi connectivity index (χ2v) is 35.9. The van der Waals surface area contributed by atoms with E-state index in [0.717, 1.165) is 67.3 Å². The lowest BCUT2D eigenvalue weighted by molar-refractivity contribution is -0.667. The molecule has 680 valence electrons. The molecule has 8 heteroatoms. The van der Waals surface area contributed by atoms with E-state index in [2.05, 4.69) is 365 Å². The first-order chi connectivity index (χ1) is 67.3. The van der Waals surface area contributed by atoms with Crippen LogP contribution in [0.4, 0.5) is 0 Å². The van der Waals surface area contributed by atoms with Crippen LogP contribution >= 0.6 is 0 Å². The summed E-state index contributed by atoms with van der Waals surface area (Å²) in [5.74, 6) is 0. The van der Waals surface area contributed by atoms with Gasteiger partial charge in [-0.1, -0.05) is 108 Å². The SMILES string of the molecule is Cc1cc(C)c(C)c(-c2cccc[n+]2C)c1.Cc1cc(C)c(C)c(-c2cccc[n+]2C)c1.Cc1ccc(-c2cccc[n+]2C)c(C)c1C.Cc1ccccc1-c1c(C)cc(C)c(C)[n+]1C.Cc1ccccc1-c1cc(C)c(C)c(C)[n+]1C.[2H]C([2H])([2H])c1c(C)cc(-c2ccccc2C)[n+](C)c1C.[2H]C([2H])([2H])c1cc(C)c(-c2ccccc2C)[n+](C)c1C([2H])([2H])[2H].[2H]C([2H])([2H])c1ccc(-c2cccc[n+]2C)c(C)c1C. The second kappa shape index (κ2) is 46.2. The number of rotatable bonds is 8. The van der Waals surface area contributed by atoms with Gasteiger partial charge in [0.2, 0.25) is 45.6 Å². The van der Waals surface area contributed by atoms with E-state index in [1.807, 2.05) is 131 Å². The highest BCUT2D eigenvalue weighted by molar-refractivity contribution is 5.70. The van der Waals surface area contributed by atoms with Gasteiger partial charge in [-0.15, -0.1) is 0 Å². The fourth-order valence-corrected chi connectivity index (χ4v) is 17.1. The maximum Gasteiger partial charge on any atom is 0.215 e. The van der Waals surface area contributed by atoms with Gasteiger partial charge in [-0.2, -0.15) is 18.3 Å². The molecule has 8 heterocycles. The molecule has 0 amide bonds. The van der Waals surface area contributed by atoms with Crippen LogP contribution in [0.1, 0.15) is 173 Å². The molecule has 0 unspecified atom stereocenters. The summed E-state index contributed by atoms with van der Waals surface area (Å²) >= 11 is 0. The van der Waals surface area contributed by atoms with Crippen LogP contribution in [-0.2, 0) is 56.4 Å². The van der Waals surface area contributed by atoms with E-state index in [9.17, 15) is 0 Å². The molecule has 0 saturated carbocycles. The van der Waals surface area contributed by atoms with E-state index in [-0.39, 0.29) is 11.3 Å². The number of aryl methyl sites for hydroxylation is 20. The molecule has 0 spiro atoms. The van der Waals surface area contributed by atoms with Crippen LogP contribution in [0.15, 0.2) is 267 Å². The van der Waals surface area contributed by atoms with Gasteiger partial charge in [0.05, 0.1) is 0 Å². The zero-order valence-corrected chi connectivity index (χ0v) is 85.0. The van der Waals surface area contributed by atoms with Crippen molar-refractivity contribution >= 4 is 0 Å². The van der Waals surface area contributed by atoms with Crippen LogP contribution in [0.3, 0.4) is 0 Å². The van der Waals surface area contributed by atoms with Gasteiger partial charge in [-0.3, -0.25) is 0 Å². The molecule has 8 aromatic carbocycles. The van der Waals surface area contributed by atoms with Crippen LogP contribution in [-0.4, -0.2) is 0 Å². The van der Waals surface area contributed by atoms with Crippen molar-refractivity contribution in [1.82, 2.24) is 0 Å². The van der Waals surface area contributed by atoms with E-state index in [4.69, 9.17) is 16.4 Å². The van der Waals surface area contributed by atoms with Crippen LogP contribution in [0, 0.1) is 194 Å². The molecular weight excluding hydrogens is 1600 g/mol. The predicted octanol–water partition coefficient (Wildman–Crippen LogP) is 26.1. The van der Waals surface area contributed by atoms with Gasteiger partial charge in [0.1, 0.15) is 56.4 Å². The summed E-state index contributed by atoms with van der Waals surface area (Å²) in [6.45, 7) is 41.3. The van der Waals surface area contributed by atoms with E-state index in [1.54, 1.807) is 20.0 Å². The van der Waals surface area contributed by atoms with Crippen LogP contribution in [0.25, 0.3) is 90.1 Å². The number of nitrogens with zero attached hydrogens (tertiary/aromatic N) is 8.